The highest BCUT2D eigenvalue weighted by atomic mass is 32.2. The number of hydrogen-bond acceptors (Lipinski definition) is 7. The Morgan fingerprint density at radius 1 is 1.26 bits per heavy atom. The fraction of sp³-hybridized carbons (Fsp3) is 0.714. The highest BCUT2D eigenvalue weighted by molar-refractivity contribution is 8.01. The van der Waals surface area contributed by atoms with Crippen LogP contribution in [0.5, 0.6) is 0 Å². The molecule has 3 heterocycles. The average Bonchev–Trinajstić information content (AvgIpc) is 3.24. The molecule has 2 aliphatic rings. The summed E-state index contributed by atoms with van der Waals surface area (Å²) < 4.78 is 6.27. The smallest absolute Gasteiger partial charge is 0.251 e. The van der Waals surface area contributed by atoms with Crippen LogP contribution in [0.25, 0.3) is 0 Å². The van der Waals surface area contributed by atoms with E-state index in [1.807, 2.05) is 16.7 Å². The first kappa shape index (κ1) is 16.7. The third-order valence-electron chi connectivity index (χ3n) is 3.98. The molecule has 2 fully saturated rings. The summed E-state index contributed by atoms with van der Waals surface area (Å²) in [6.45, 7) is 4.94. The van der Waals surface area contributed by atoms with Gasteiger partial charge in [-0.15, -0.1) is 10.2 Å². The fourth-order valence-electron chi connectivity index (χ4n) is 2.70. The molecule has 0 aliphatic carbocycles. The number of aryl methyl sites for hydroxylation is 1. The van der Waals surface area contributed by atoms with Gasteiger partial charge in [0, 0.05) is 32.8 Å². The summed E-state index contributed by atoms with van der Waals surface area (Å²) in [5.41, 5.74) is 0. The minimum absolute atomic E-state index is 0.0771. The second-order valence-electron chi connectivity index (χ2n) is 5.58. The molecule has 0 radical (unpaired) electrons. The van der Waals surface area contributed by atoms with Gasteiger partial charge in [-0.2, -0.15) is 0 Å². The molecule has 9 heteroatoms. The zero-order valence-electron chi connectivity index (χ0n) is 13.1. The Hall–Kier alpha value is -1.19. The predicted octanol–water partition coefficient (Wildman–Crippen LogP) is 0.788. The van der Waals surface area contributed by atoms with Crippen LogP contribution in [-0.2, 0) is 14.3 Å². The van der Waals surface area contributed by atoms with E-state index in [0.717, 1.165) is 22.2 Å². The number of ether oxygens (including phenoxy) is 1. The summed E-state index contributed by atoms with van der Waals surface area (Å²) >= 11 is 2.92. The molecule has 2 aliphatic heterocycles. The Bertz CT molecular complexity index is 566. The lowest BCUT2D eigenvalue weighted by Gasteiger charge is -2.35. The topological polar surface area (TPSA) is 75.6 Å². The van der Waals surface area contributed by atoms with Crippen LogP contribution in [0.2, 0.25) is 0 Å². The van der Waals surface area contributed by atoms with Gasteiger partial charge in [-0.3, -0.25) is 9.59 Å². The standard InChI is InChI=1S/C14H20N4O3S2/c1-10-15-16-14(23-10)22-9-12(19)17-4-6-18(7-5-17)13(20)11-3-2-8-21-11/h11H,2-9H2,1H3. The van der Waals surface area contributed by atoms with E-state index in [-0.39, 0.29) is 17.9 Å². The SMILES string of the molecule is Cc1nnc(SCC(=O)N2CCN(C(=O)C3CCCO3)CC2)s1. The zero-order chi connectivity index (χ0) is 16.2. The van der Waals surface area contributed by atoms with Gasteiger partial charge in [0.05, 0.1) is 5.75 Å². The van der Waals surface area contributed by atoms with Crippen molar-refractivity contribution in [3.63, 3.8) is 0 Å². The quantitative estimate of drug-likeness (QED) is 0.743. The normalized spacial score (nSPS) is 21.7. The molecule has 1 aromatic heterocycles. The number of aromatic nitrogens is 2. The minimum Gasteiger partial charge on any atom is -0.368 e. The van der Waals surface area contributed by atoms with Gasteiger partial charge in [-0.1, -0.05) is 23.1 Å². The van der Waals surface area contributed by atoms with Crippen LogP contribution >= 0.6 is 23.1 Å². The number of carbonyl (C=O) groups excluding carboxylic acids is 2. The lowest BCUT2D eigenvalue weighted by molar-refractivity contribution is -0.145. The lowest BCUT2D eigenvalue weighted by Crippen LogP contribution is -2.53. The number of nitrogens with zero attached hydrogens (tertiary/aromatic N) is 4. The van der Waals surface area contributed by atoms with E-state index in [0.29, 0.717) is 38.5 Å². The number of amides is 2. The van der Waals surface area contributed by atoms with Crippen molar-refractivity contribution in [2.45, 2.75) is 30.2 Å². The van der Waals surface area contributed by atoms with Crippen molar-refractivity contribution in [2.24, 2.45) is 0 Å². The van der Waals surface area contributed by atoms with Crippen LogP contribution in [-0.4, -0.2) is 76.5 Å². The number of rotatable bonds is 4. The Balaban J connectivity index is 1.42. The molecule has 3 rings (SSSR count). The van der Waals surface area contributed by atoms with Gasteiger partial charge in [0.25, 0.3) is 5.91 Å². The number of carbonyl (C=O) groups is 2. The highest BCUT2D eigenvalue weighted by Crippen LogP contribution is 2.22. The Kier molecular flexibility index (Phi) is 5.50. The van der Waals surface area contributed by atoms with Gasteiger partial charge in [0.15, 0.2) is 4.34 Å². The van der Waals surface area contributed by atoms with Crippen LogP contribution in [0.4, 0.5) is 0 Å². The molecule has 1 aromatic rings. The van der Waals surface area contributed by atoms with E-state index < -0.39 is 0 Å². The lowest BCUT2D eigenvalue weighted by atomic mass is 10.2. The third kappa shape index (κ3) is 4.21. The van der Waals surface area contributed by atoms with Gasteiger partial charge < -0.3 is 14.5 Å². The van der Waals surface area contributed by atoms with Gasteiger partial charge >= 0.3 is 0 Å². The molecule has 0 bridgehead atoms. The maximum Gasteiger partial charge on any atom is 0.251 e. The summed E-state index contributed by atoms with van der Waals surface area (Å²) in [5.74, 6) is 0.536. The van der Waals surface area contributed by atoms with Gasteiger partial charge in [0.1, 0.15) is 11.1 Å². The van der Waals surface area contributed by atoms with Gasteiger partial charge in [-0.25, -0.2) is 0 Å². The summed E-state index contributed by atoms with van der Waals surface area (Å²) in [5, 5.41) is 8.85. The molecule has 0 N–H and O–H groups in total. The minimum atomic E-state index is -0.270. The van der Waals surface area contributed by atoms with Gasteiger partial charge in [-0.05, 0) is 19.8 Å². The molecule has 0 aromatic carbocycles. The summed E-state index contributed by atoms with van der Waals surface area (Å²) in [6, 6.07) is 0. The third-order valence-corrected chi connectivity index (χ3v) is 5.93. The summed E-state index contributed by atoms with van der Waals surface area (Å²) in [6.07, 6.45) is 1.50. The van der Waals surface area contributed by atoms with E-state index in [9.17, 15) is 9.59 Å². The van der Waals surface area contributed by atoms with E-state index in [2.05, 4.69) is 10.2 Å². The van der Waals surface area contributed by atoms with Crippen LogP contribution in [0, 0.1) is 6.92 Å². The molecule has 2 saturated heterocycles. The van der Waals surface area contributed by atoms with Crippen molar-refractivity contribution in [3.05, 3.63) is 5.01 Å². The average molecular weight is 356 g/mol. The van der Waals surface area contributed by atoms with Crippen molar-refractivity contribution in [1.82, 2.24) is 20.0 Å². The van der Waals surface area contributed by atoms with Crippen molar-refractivity contribution < 1.29 is 14.3 Å². The predicted molar refractivity (Wildman–Crippen MR) is 87.5 cm³/mol. The fourth-order valence-corrected chi connectivity index (χ4v) is 4.42. The zero-order valence-corrected chi connectivity index (χ0v) is 14.7. The second-order valence-corrected chi connectivity index (χ2v) is 7.99. The highest BCUT2D eigenvalue weighted by Gasteiger charge is 2.31. The number of piperazine rings is 1. The number of thioether (sulfide) groups is 1. The van der Waals surface area contributed by atoms with Gasteiger partial charge in [0.2, 0.25) is 5.91 Å². The van der Waals surface area contributed by atoms with E-state index in [1.165, 1.54) is 23.1 Å². The number of hydrogen-bond donors (Lipinski definition) is 0. The molecule has 23 heavy (non-hydrogen) atoms. The van der Waals surface area contributed by atoms with Crippen LogP contribution in [0.3, 0.4) is 0 Å². The molecule has 1 unspecified atom stereocenters. The maximum absolute atomic E-state index is 12.3. The molecule has 2 amide bonds. The molecular formula is C14H20N4O3S2. The summed E-state index contributed by atoms with van der Waals surface area (Å²) in [4.78, 5) is 28.2. The van der Waals surface area contributed by atoms with E-state index in [1.54, 1.807) is 0 Å². The van der Waals surface area contributed by atoms with Crippen LogP contribution < -0.4 is 0 Å². The first-order valence-corrected chi connectivity index (χ1v) is 9.55. The molecule has 7 nitrogen and oxygen atoms in total. The first-order valence-electron chi connectivity index (χ1n) is 7.74. The monoisotopic (exact) mass is 356 g/mol. The first-order chi connectivity index (χ1) is 11.1. The molecule has 0 saturated carbocycles. The molecule has 0 spiro atoms. The Morgan fingerprint density at radius 3 is 2.61 bits per heavy atom. The molecular weight excluding hydrogens is 336 g/mol. The second kappa shape index (κ2) is 7.59. The van der Waals surface area contributed by atoms with E-state index in [4.69, 9.17) is 4.74 Å². The van der Waals surface area contributed by atoms with Crippen molar-refractivity contribution in [1.29, 1.82) is 0 Å². The Labute approximate surface area is 143 Å². The Morgan fingerprint density at radius 2 is 2.00 bits per heavy atom. The van der Waals surface area contributed by atoms with E-state index >= 15 is 0 Å². The van der Waals surface area contributed by atoms with Crippen LogP contribution in [0.1, 0.15) is 17.8 Å². The van der Waals surface area contributed by atoms with Crippen molar-refractivity contribution in [3.8, 4) is 0 Å². The molecule has 126 valence electrons. The van der Waals surface area contributed by atoms with Crippen LogP contribution in [0.15, 0.2) is 4.34 Å². The molecule has 1 atom stereocenters. The van der Waals surface area contributed by atoms with Crippen molar-refractivity contribution >= 4 is 34.9 Å². The maximum atomic E-state index is 12.3. The summed E-state index contributed by atoms with van der Waals surface area (Å²) in [7, 11) is 0. The van der Waals surface area contributed by atoms with Crippen molar-refractivity contribution in [2.75, 3.05) is 38.5 Å². The largest absolute Gasteiger partial charge is 0.368 e.